The van der Waals surface area contributed by atoms with Crippen molar-refractivity contribution < 1.29 is 9.59 Å². The summed E-state index contributed by atoms with van der Waals surface area (Å²) in [4.78, 5) is 25.4. The number of rotatable bonds is 7. The molecule has 4 nitrogen and oxygen atoms in total. The third-order valence-corrected chi connectivity index (χ3v) is 3.65. The van der Waals surface area contributed by atoms with E-state index in [0.29, 0.717) is 12.2 Å². The maximum Gasteiger partial charge on any atom is 0.247 e. The monoisotopic (exact) mass is 334 g/mol. The molecule has 0 aliphatic carbocycles. The molecule has 0 aliphatic heterocycles. The van der Waals surface area contributed by atoms with E-state index in [1.807, 2.05) is 54.6 Å². The fourth-order valence-electron chi connectivity index (χ4n) is 2.27. The predicted octanol–water partition coefficient (Wildman–Crippen LogP) is 3.53. The van der Waals surface area contributed by atoms with Crippen molar-refractivity contribution in [1.29, 1.82) is 0 Å². The molecule has 0 bridgehead atoms. The summed E-state index contributed by atoms with van der Waals surface area (Å²) >= 11 is 0. The molecule has 2 aromatic rings. The molecule has 0 fully saturated rings. The van der Waals surface area contributed by atoms with Gasteiger partial charge in [0.15, 0.2) is 0 Å². The third-order valence-electron chi connectivity index (χ3n) is 3.65. The summed E-state index contributed by atoms with van der Waals surface area (Å²) in [6.07, 6.45) is 5.46. The van der Waals surface area contributed by atoms with Crippen molar-refractivity contribution in [2.45, 2.75) is 6.42 Å². The van der Waals surface area contributed by atoms with Gasteiger partial charge in [0.05, 0.1) is 6.42 Å². The molecule has 0 saturated heterocycles. The predicted molar refractivity (Wildman–Crippen MR) is 102 cm³/mol. The number of hydrogen-bond donors (Lipinski definition) is 1. The van der Waals surface area contributed by atoms with Crippen LogP contribution in [0.3, 0.4) is 0 Å². The molecule has 0 heterocycles. The molecule has 0 radical (unpaired) electrons. The minimum Gasteiger partial charge on any atom is -0.342 e. The lowest BCUT2D eigenvalue weighted by Gasteiger charge is -2.15. The van der Waals surface area contributed by atoms with Crippen molar-refractivity contribution in [2.75, 3.05) is 18.9 Å². The zero-order valence-corrected chi connectivity index (χ0v) is 14.3. The highest BCUT2D eigenvalue weighted by molar-refractivity contribution is 5.98. The van der Waals surface area contributed by atoms with E-state index in [1.54, 1.807) is 24.1 Å². The Morgan fingerprint density at radius 3 is 2.60 bits per heavy atom. The average molecular weight is 334 g/mol. The quantitative estimate of drug-likeness (QED) is 0.788. The maximum atomic E-state index is 12.3. The number of nitrogens with one attached hydrogen (secondary N) is 1. The zero-order chi connectivity index (χ0) is 18.1. The summed E-state index contributed by atoms with van der Waals surface area (Å²) in [5.74, 6) is -0.253. The number of carbonyl (C=O) groups is 2. The largest absolute Gasteiger partial charge is 0.342 e. The van der Waals surface area contributed by atoms with Gasteiger partial charge in [0.1, 0.15) is 0 Å². The Balaban J connectivity index is 1.90. The lowest BCUT2D eigenvalue weighted by molar-refractivity contribution is -0.128. The Bertz CT molecular complexity index is 766. The highest BCUT2D eigenvalue weighted by Gasteiger charge is 2.09. The average Bonchev–Trinajstić information content (AvgIpc) is 2.62. The number of anilines is 1. The van der Waals surface area contributed by atoms with Gasteiger partial charge < -0.3 is 10.2 Å². The minimum atomic E-state index is -0.272. The Morgan fingerprint density at radius 2 is 1.88 bits per heavy atom. The molecule has 2 aromatic carbocycles. The molecule has 0 aliphatic rings. The molecular weight excluding hydrogens is 312 g/mol. The number of hydrogen-bond acceptors (Lipinski definition) is 2. The van der Waals surface area contributed by atoms with Crippen LogP contribution in [-0.4, -0.2) is 30.3 Å². The highest BCUT2D eigenvalue weighted by Crippen LogP contribution is 2.12. The van der Waals surface area contributed by atoms with E-state index in [0.717, 1.165) is 11.1 Å². The van der Waals surface area contributed by atoms with Crippen molar-refractivity contribution in [2.24, 2.45) is 0 Å². The zero-order valence-electron chi connectivity index (χ0n) is 14.3. The molecule has 0 aromatic heterocycles. The highest BCUT2D eigenvalue weighted by atomic mass is 16.2. The molecular formula is C21H22N2O2. The number of benzene rings is 2. The van der Waals surface area contributed by atoms with Gasteiger partial charge in [-0.2, -0.15) is 0 Å². The first-order chi connectivity index (χ1) is 12.1. The standard InChI is InChI=1S/C21H22N2O2/c1-3-20(24)22-19-13-7-11-18(15-19)16-21(25)23(2)14-8-12-17-9-5-4-6-10-17/h3-13,15H,1,14,16H2,2H3,(H,22,24)/b12-8+. The lowest BCUT2D eigenvalue weighted by Crippen LogP contribution is -2.28. The van der Waals surface area contributed by atoms with Crippen molar-refractivity contribution >= 4 is 23.6 Å². The van der Waals surface area contributed by atoms with Crippen LogP contribution in [0.5, 0.6) is 0 Å². The molecule has 2 amide bonds. The SMILES string of the molecule is C=CC(=O)Nc1cccc(CC(=O)N(C)C/C=C/c2ccccc2)c1. The van der Waals surface area contributed by atoms with Crippen LogP contribution in [0.4, 0.5) is 5.69 Å². The summed E-state index contributed by atoms with van der Waals surface area (Å²) in [7, 11) is 1.78. The topological polar surface area (TPSA) is 49.4 Å². The minimum absolute atomic E-state index is 0.0184. The second-order valence-corrected chi connectivity index (χ2v) is 5.66. The van der Waals surface area contributed by atoms with Crippen molar-refractivity contribution in [3.63, 3.8) is 0 Å². The van der Waals surface area contributed by atoms with E-state index < -0.39 is 0 Å². The van der Waals surface area contributed by atoms with Crippen LogP contribution in [-0.2, 0) is 16.0 Å². The fourth-order valence-corrected chi connectivity index (χ4v) is 2.27. The molecule has 4 heteroatoms. The molecule has 25 heavy (non-hydrogen) atoms. The van der Waals surface area contributed by atoms with Crippen LogP contribution in [0.1, 0.15) is 11.1 Å². The Kier molecular flexibility index (Phi) is 6.72. The van der Waals surface area contributed by atoms with Crippen LogP contribution in [0, 0.1) is 0 Å². The van der Waals surface area contributed by atoms with Crippen molar-refractivity contribution in [1.82, 2.24) is 4.90 Å². The van der Waals surface area contributed by atoms with Crippen molar-refractivity contribution in [3.8, 4) is 0 Å². The lowest BCUT2D eigenvalue weighted by atomic mass is 10.1. The molecule has 0 atom stereocenters. The molecule has 0 saturated carbocycles. The summed E-state index contributed by atoms with van der Waals surface area (Å²) in [5.41, 5.74) is 2.61. The van der Waals surface area contributed by atoms with Gasteiger partial charge in [-0.15, -0.1) is 0 Å². The van der Waals surface area contributed by atoms with Gasteiger partial charge in [-0.05, 0) is 29.3 Å². The van der Waals surface area contributed by atoms with Crippen LogP contribution in [0.2, 0.25) is 0 Å². The molecule has 1 N–H and O–H groups in total. The summed E-state index contributed by atoms with van der Waals surface area (Å²) in [6, 6.07) is 17.2. The van der Waals surface area contributed by atoms with E-state index in [-0.39, 0.29) is 18.2 Å². The summed E-state index contributed by atoms with van der Waals surface area (Å²) in [6.45, 7) is 3.96. The molecule has 2 rings (SSSR count). The first-order valence-corrected chi connectivity index (χ1v) is 8.06. The van der Waals surface area contributed by atoms with Crippen LogP contribution >= 0.6 is 0 Å². The number of nitrogens with zero attached hydrogens (tertiary/aromatic N) is 1. The van der Waals surface area contributed by atoms with Gasteiger partial charge in [0.25, 0.3) is 0 Å². The van der Waals surface area contributed by atoms with E-state index in [9.17, 15) is 9.59 Å². The van der Waals surface area contributed by atoms with Gasteiger partial charge in [-0.25, -0.2) is 0 Å². The smallest absolute Gasteiger partial charge is 0.247 e. The maximum absolute atomic E-state index is 12.3. The first kappa shape index (κ1) is 18.2. The van der Waals surface area contributed by atoms with Gasteiger partial charge in [0, 0.05) is 19.3 Å². The van der Waals surface area contributed by atoms with Crippen LogP contribution < -0.4 is 5.32 Å². The summed E-state index contributed by atoms with van der Waals surface area (Å²) < 4.78 is 0. The van der Waals surface area contributed by atoms with E-state index >= 15 is 0 Å². The Labute approximate surface area is 148 Å². The van der Waals surface area contributed by atoms with Gasteiger partial charge in [-0.1, -0.05) is 61.2 Å². The van der Waals surface area contributed by atoms with Crippen LogP contribution in [0.25, 0.3) is 6.08 Å². The van der Waals surface area contributed by atoms with E-state index in [2.05, 4.69) is 11.9 Å². The first-order valence-electron chi connectivity index (χ1n) is 8.06. The van der Waals surface area contributed by atoms with Crippen LogP contribution in [0.15, 0.2) is 73.3 Å². The second kappa shape index (κ2) is 9.23. The second-order valence-electron chi connectivity index (χ2n) is 5.66. The van der Waals surface area contributed by atoms with Gasteiger partial charge in [-0.3, -0.25) is 9.59 Å². The number of likely N-dealkylation sites (N-methyl/N-ethyl adjacent to an activating group) is 1. The Hall–Kier alpha value is -3.14. The third kappa shape index (κ3) is 6.11. The Morgan fingerprint density at radius 1 is 1.12 bits per heavy atom. The summed E-state index contributed by atoms with van der Waals surface area (Å²) in [5, 5.41) is 2.69. The van der Waals surface area contributed by atoms with Crippen molar-refractivity contribution in [3.05, 3.63) is 84.5 Å². The molecule has 0 spiro atoms. The van der Waals surface area contributed by atoms with E-state index in [4.69, 9.17) is 0 Å². The molecule has 0 unspecified atom stereocenters. The normalized spacial score (nSPS) is 10.4. The molecule has 128 valence electrons. The number of carbonyl (C=O) groups excluding carboxylic acids is 2. The number of amides is 2. The van der Waals surface area contributed by atoms with Gasteiger partial charge in [0.2, 0.25) is 11.8 Å². The van der Waals surface area contributed by atoms with E-state index in [1.165, 1.54) is 6.08 Å². The fraction of sp³-hybridized carbons (Fsp3) is 0.143. The van der Waals surface area contributed by atoms with Gasteiger partial charge >= 0.3 is 0 Å².